The number of esters is 2. The van der Waals surface area contributed by atoms with E-state index in [4.69, 9.17) is 9.47 Å². The minimum Gasteiger partial charge on any atom is -0.463 e. The lowest BCUT2D eigenvalue weighted by atomic mass is 9.98. The molecule has 0 aliphatic carbocycles. The van der Waals surface area contributed by atoms with Gasteiger partial charge in [-0.15, -0.1) is 0 Å². The van der Waals surface area contributed by atoms with Crippen molar-refractivity contribution in [3.05, 3.63) is 23.3 Å². The Bertz CT molecular complexity index is 1050. The van der Waals surface area contributed by atoms with E-state index >= 15 is 0 Å². The van der Waals surface area contributed by atoms with E-state index in [0.717, 1.165) is 0 Å². The predicted octanol–water partition coefficient (Wildman–Crippen LogP) is 0.191. The highest BCUT2D eigenvalue weighted by atomic mass is 32.2. The molecule has 1 atom stereocenters. The number of imidazole rings is 1. The molecule has 12 nitrogen and oxygen atoms in total. The van der Waals surface area contributed by atoms with Gasteiger partial charge in [0.05, 0.1) is 29.8 Å². The van der Waals surface area contributed by atoms with Crippen molar-refractivity contribution in [1.29, 1.82) is 0 Å². The summed E-state index contributed by atoms with van der Waals surface area (Å²) < 4.78 is 39.0. The SMILES string of the molecule is CCOC(=O)C1=C(COC(=O)C2CCN(S(=O)(=O)c3cn(C)c(C)n3)CC2)NC(=O)NC1C. The molecular formula is C20H29N5O7S. The van der Waals surface area contributed by atoms with Crippen LogP contribution in [0.2, 0.25) is 0 Å². The highest BCUT2D eigenvalue weighted by Crippen LogP contribution is 2.25. The lowest BCUT2D eigenvalue weighted by molar-refractivity contribution is -0.149. The van der Waals surface area contributed by atoms with Crippen molar-refractivity contribution in [3.63, 3.8) is 0 Å². The van der Waals surface area contributed by atoms with Crippen LogP contribution in [0, 0.1) is 12.8 Å². The van der Waals surface area contributed by atoms with E-state index in [-0.39, 0.29) is 55.4 Å². The van der Waals surface area contributed by atoms with Gasteiger partial charge in [-0.1, -0.05) is 0 Å². The molecule has 2 amide bonds. The van der Waals surface area contributed by atoms with Crippen LogP contribution in [0.15, 0.2) is 22.5 Å². The van der Waals surface area contributed by atoms with Gasteiger partial charge in [0.15, 0.2) is 5.03 Å². The van der Waals surface area contributed by atoms with Crippen LogP contribution in [0.4, 0.5) is 4.79 Å². The molecule has 0 radical (unpaired) electrons. The van der Waals surface area contributed by atoms with Crippen LogP contribution in [0.5, 0.6) is 0 Å². The van der Waals surface area contributed by atoms with Crippen molar-refractivity contribution in [3.8, 4) is 0 Å². The maximum Gasteiger partial charge on any atom is 0.338 e. The number of carbonyl (C=O) groups is 3. The highest BCUT2D eigenvalue weighted by molar-refractivity contribution is 7.89. The predicted molar refractivity (Wildman–Crippen MR) is 115 cm³/mol. The van der Waals surface area contributed by atoms with Crippen LogP contribution in [-0.2, 0) is 36.1 Å². The number of urea groups is 1. The summed E-state index contributed by atoms with van der Waals surface area (Å²) in [5.41, 5.74) is 0.361. The highest BCUT2D eigenvalue weighted by Gasteiger charge is 2.35. The minimum atomic E-state index is -3.74. The van der Waals surface area contributed by atoms with Gasteiger partial charge in [0.2, 0.25) is 0 Å². The molecule has 1 saturated heterocycles. The molecule has 0 aromatic carbocycles. The van der Waals surface area contributed by atoms with E-state index in [1.807, 2.05) is 0 Å². The number of nitrogens with one attached hydrogen (secondary N) is 2. The molecule has 13 heteroatoms. The Hall–Kier alpha value is -2.93. The van der Waals surface area contributed by atoms with Gasteiger partial charge in [-0.25, -0.2) is 23.0 Å². The fourth-order valence-electron chi connectivity index (χ4n) is 3.77. The van der Waals surface area contributed by atoms with Crippen LogP contribution in [-0.4, -0.2) is 72.6 Å². The Kier molecular flexibility index (Phi) is 7.42. The third kappa shape index (κ3) is 5.36. The molecule has 3 rings (SSSR count). The summed E-state index contributed by atoms with van der Waals surface area (Å²) in [6, 6.07) is -1.11. The molecule has 0 spiro atoms. The summed E-state index contributed by atoms with van der Waals surface area (Å²) in [6.45, 7) is 5.20. The van der Waals surface area contributed by atoms with Crippen LogP contribution >= 0.6 is 0 Å². The first-order chi connectivity index (χ1) is 15.5. The Balaban J connectivity index is 1.61. The number of rotatable bonds is 7. The zero-order valence-electron chi connectivity index (χ0n) is 19.1. The summed E-state index contributed by atoms with van der Waals surface area (Å²) in [6.07, 6.45) is 2.05. The van der Waals surface area contributed by atoms with Crippen molar-refractivity contribution in [2.45, 2.75) is 44.7 Å². The van der Waals surface area contributed by atoms with Crippen LogP contribution in [0.1, 0.15) is 32.5 Å². The number of sulfonamides is 1. The van der Waals surface area contributed by atoms with Crippen LogP contribution < -0.4 is 10.6 Å². The first-order valence-corrected chi connectivity index (χ1v) is 12.1. The van der Waals surface area contributed by atoms with E-state index in [1.54, 1.807) is 32.4 Å². The van der Waals surface area contributed by atoms with Gasteiger partial charge in [0.25, 0.3) is 10.0 Å². The summed E-state index contributed by atoms with van der Waals surface area (Å²) in [4.78, 5) is 40.8. The van der Waals surface area contributed by atoms with E-state index in [0.29, 0.717) is 5.82 Å². The first kappa shape index (κ1) is 24.7. The second-order valence-corrected chi connectivity index (χ2v) is 9.84. The Labute approximate surface area is 192 Å². The third-order valence-electron chi connectivity index (χ3n) is 5.70. The van der Waals surface area contributed by atoms with Crippen molar-refractivity contribution in [1.82, 2.24) is 24.5 Å². The Morgan fingerprint density at radius 1 is 1.24 bits per heavy atom. The minimum absolute atomic E-state index is 0.0160. The average molecular weight is 484 g/mol. The Morgan fingerprint density at radius 3 is 2.48 bits per heavy atom. The van der Waals surface area contributed by atoms with Crippen LogP contribution in [0.3, 0.4) is 0 Å². The van der Waals surface area contributed by atoms with Gasteiger partial charge in [-0.05, 0) is 33.6 Å². The molecule has 2 N–H and O–H groups in total. The molecule has 3 heterocycles. The molecule has 1 fully saturated rings. The van der Waals surface area contributed by atoms with E-state index in [1.165, 1.54) is 10.5 Å². The molecule has 1 aromatic heterocycles. The largest absolute Gasteiger partial charge is 0.463 e. The lowest BCUT2D eigenvalue weighted by Crippen LogP contribution is -2.50. The average Bonchev–Trinajstić information content (AvgIpc) is 3.11. The number of carbonyl (C=O) groups excluding carboxylic acids is 3. The number of hydrogen-bond donors (Lipinski definition) is 2. The summed E-state index contributed by atoms with van der Waals surface area (Å²) >= 11 is 0. The second kappa shape index (κ2) is 9.91. The fraction of sp³-hybridized carbons (Fsp3) is 0.600. The molecule has 182 valence electrons. The number of aromatic nitrogens is 2. The van der Waals surface area contributed by atoms with Gasteiger partial charge in [0, 0.05) is 26.3 Å². The van der Waals surface area contributed by atoms with Gasteiger partial charge in [-0.3, -0.25) is 4.79 Å². The van der Waals surface area contributed by atoms with Gasteiger partial charge >= 0.3 is 18.0 Å². The second-order valence-electron chi connectivity index (χ2n) is 7.96. The summed E-state index contributed by atoms with van der Waals surface area (Å²) in [5.74, 6) is -1.03. The standard InChI is InChI=1S/C20H29N5O7S/c1-5-31-19(27)17-12(2)21-20(28)23-15(17)11-32-18(26)14-6-8-25(9-7-14)33(29,30)16-10-24(4)13(3)22-16/h10,12,14H,5-9,11H2,1-4H3,(H2,21,23,28). The summed E-state index contributed by atoms with van der Waals surface area (Å²) in [7, 11) is -2.02. The topological polar surface area (TPSA) is 149 Å². The number of piperidine rings is 1. The molecule has 33 heavy (non-hydrogen) atoms. The maximum atomic E-state index is 12.8. The normalized spacial score (nSPS) is 20.2. The summed E-state index contributed by atoms with van der Waals surface area (Å²) in [5, 5.41) is 5.05. The quantitative estimate of drug-likeness (QED) is 0.522. The van der Waals surface area contributed by atoms with Crippen molar-refractivity contribution in [2.75, 3.05) is 26.3 Å². The molecule has 0 bridgehead atoms. The number of ether oxygens (including phenoxy) is 2. The van der Waals surface area contributed by atoms with Crippen molar-refractivity contribution in [2.24, 2.45) is 13.0 Å². The molecule has 2 aliphatic heterocycles. The fourth-order valence-corrected chi connectivity index (χ4v) is 5.26. The van der Waals surface area contributed by atoms with E-state index < -0.39 is 40.0 Å². The molecule has 2 aliphatic rings. The molecule has 1 aromatic rings. The van der Waals surface area contributed by atoms with Gasteiger partial charge < -0.3 is 24.7 Å². The molecular weight excluding hydrogens is 454 g/mol. The number of amides is 2. The molecule has 0 saturated carbocycles. The first-order valence-electron chi connectivity index (χ1n) is 10.7. The zero-order valence-corrected chi connectivity index (χ0v) is 19.9. The Morgan fingerprint density at radius 2 is 1.91 bits per heavy atom. The number of hydrogen-bond acceptors (Lipinski definition) is 8. The smallest absolute Gasteiger partial charge is 0.338 e. The van der Waals surface area contributed by atoms with E-state index in [2.05, 4.69) is 15.6 Å². The van der Waals surface area contributed by atoms with Crippen LogP contribution in [0.25, 0.3) is 0 Å². The van der Waals surface area contributed by atoms with Gasteiger partial charge in [-0.2, -0.15) is 4.31 Å². The third-order valence-corrected chi connectivity index (χ3v) is 7.47. The number of nitrogens with zero attached hydrogens (tertiary/aromatic N) is 3. The van der Waals surface area contributed by atoms with Gasteiger partial charge in [0.1, 0.15) is 12.4 Å². The van der Waals surface area contributed by atoms with Crippen molar-refractivity contribution >= 4 is 28.0 Å². The molecule has 1 unspecified atom stereocenters. The van der Waals surface area contributed by atoms with Crippen molar-refractivity contribution < 1.29 is 32.3 Å². The lowest BCUT2D eigenvalue weighted by Gasteiger charge is -2.30. The monoisotopic (exact) mass is 483 g/mol. The van der Waals surface area contributed by atoms with E-state index in [9.17, 15) is 22.8 Å². The number of aryl methyl sites for hydroxylation is 2. The maximum absolute atomic E-state index is 12.8. The zero-order chi connectivity index (χ0) is 24.3.